The molecule has 6 nitrogen and oxygen atoms in total. The van der Waals surface area contributed by atoms with E-state index in [9.17, 15) is 0 Å². The van der Waals surface area contributed by atoms with Gasteiger partial charge in [-0.15, -0.1) is 0 Å². The summed E-state index contributed by atoms with van der Waals surface area (Å²) in [6.07, 6.45) is 1.74. The number of morpholine rings is 1. The van der Waals surface area contributed by atoms with E-state index in [0.29, 0.717) is 29.3 Å². The molecule has 22 heavy (non-hydrogen) atoms. The number of fused-ring (bicyclic) bond motifs is 1. The van der Waals surface area contributed by atoms with Crippen molar-refractivity contribution in [2.45, 2.75) is 0 Å². The molecule has 1 fully saturated rings. The number of aromatic nitrogens is 3. The van der Waals surface area contributed by atoms with E-state index in [0.717, 1.165) is 30.1 Å². The third-order valence-corrected chi connectivity index (χ3v) is 3.91. The second kappa shape index (κ2) is 5.66. The molecule has 0 aromatic carbocycles. The van der Waals surface area contributed by atoms with Gasteiger partial charge in [0.1, 0.15) is 11.2 Å². The lowest BCUT2D eigenvalue weighted by atomic mass is 10.3. The average molecular weight is 361 g/mol. The number of ether oxygens (including phenoxy) is 1. The maximum Gasteiger partial charge on any atom is 0.199 e. The lowest BCUT2D eigenvalue weighted by Crippen LogP contribution is -2.36. The summed E-state index contributed by atoms with van der Waals surface area (Å²) in [5, 5.41) is 0. The summed E-state index contributed by atoms with van der Waals surface area (Å²) in [5.74, 6) is 1.49. The van der Waals surface area contributed by atoms with Gasteiger partial charge < -0.3 is 14.1 Å². The fourth-order valence-electron chi connectivity index (χ4n) is 2.51. The Balaban J connectivity index is 1.84. The Bertz CT molecular complexity index is 800. The number of hydrogen-bond donors (Lipinski definition) is 0. The van der Waals surface area contributed by atoms with Crippen molar-refractivity contribution < 1.29 is 9.15 Å². The second-order valence-corrected chi connectivity index (χ2v) is 5.66. The predicted molar refractivity (Wildman–Crippen MR) is 85.8 cm³/mol. The van der Waals surface area contributed by atoms with E-state index in [1.165, 1.54) is 0 Å². The highest BCUT2D eigenvalue weighted by Gasteiger charge is 2.20. The van der Waals surface area contributed by atoms with Crippen LogP contribution in [0.1, 0.15) is 0 Å². The predicted octanol–water partition coefficient (Wildman–Crippen LogP) is 2.88. The molecule has 112 valence electrons. The first-order valence-corrected chi connectivity index (χ1v) is 7.82. The minimum atomic E-state index is 0.551. The van der Waals surface area contributed by atoms with E-state index in [1.807, 2.05) is 24.3 Å². The summed E-state index contributed by atoms with van der Waals surface area (Å²) in [7, 11) is 0. The van der Waals surface area contributed by atoms with Gasteiger partial charge in [-0.2, -0.15) is 0 Å². The van der Waals surface area contributed by atoms with E-state index >= 15 is 0 Å². The summed E-state index contributed by atoms with van der Waals surface area (Å²) >= 11 is 3.38. The molecule has 0 spiro atoms. The Morgan fingerprint density at radius 1 is 1.14 bits per heavy atom. The van der Waals surface area contributed by atoms with Crippen molar-refractivity contribution in [2.24, 2.45) is 0 Å². The Kier molecular flexibility index (Phi) is 3.51. The van der Waals surface area contributed by atoms with Crippen molar-refractivity contribution >= 4 is 32.8 Å². The van der Waals surface area contributed by atoms with Crippen molar-refractivity contribution in [1.82, 2.24) is 15.0 Å². The second-order valence-electron chi connectivity index (χ2n) is 4.96. The fraction of sp³-hybridized carbons (Fsp3) is 0.267. The monoisotopic (exact) mass is 360 g/mol. The Labute approximate surface area is 135 Å². The third-order valence-electron chi connectivity index (χ3n) is 3.55. The first kappa shape index (κ1) is 13.7. The molecular formula is C15H13BrN4O2. The SMILES string of the molecule is Brc1nc(N2CCOCC2)c2oc(-c3ccccn3)cc2n1. The van der Waals surface area contributed by atoms with Crippen LogP contribution < -0.4 is 4.90 Å². The van der Waals surface area contributed by atoms with Gasteiger partial charge in [0, 0.05) is 25.4 Å². The van der Waals surface area contributed by atoms with Crippen LogP contribution >= 0.6 is 15.9 Å². The fourth-order valence-corrected chi connectivity index (χ4v) is 2.87. The number of furan rings is 1. The number of rotatable bonds is 2. The van der Waals surface area contributed by atoms with Crippen LogP contribution in [0.2, 0.25) is 0 Å². The molecule has 0 N–H and O–H groups in total. The first-order chi connectivity index (χ1) is 10.8. The number of hydrogen-bond acceptors (Lipinski definition) is 6. The van der Waals surface area contributed by atoms with Crippen LogP contribution in [0.25, 0.3) is 22.6 Å². The van der Waals surface area contributed by atoms with Crippen LogP contribution in [0.5, 0.6) is 0 Å². The molecule has 7 heteroatoms. The van der Waals surface area contributed by atoms with E-state index in [1.54, 1.807) is 6.20 Å². The number of halogens is 1. The summed E-state index contributed by atoms with van der Waals surface area (Å²) < 4.78 is 12.0. The van der Waals surface area contributed by atoms with Crippen molar-refractivity contribution in [1.29, 1.82) is 0 Å². The van der Waals surface area contributed by atoms with Crippen LogP contribution in [0, 0.1) is 0 Å². The molecule has 1 saturated heterocycles. The smallest absolute Gasteiger partial charge is 0.199 e. The zero-order chi connectivity index (χ0) is 14.9. The zero-order valence-electron chi connectivity index (χ0n) is 11.7. The molecule has 3 aromatic rings. The van der Waals surface area contributed by atoms with Gasteiger partial charge in [-0.25, -0.2) is 9.97 Å². The molecule has 1 aliphatic heterocycles. The van der Waals surface area contributed by atoms with Gasteiger partial charge in [0.25, 0.3) is 0 Å². The zero-order valence-corrected chi connectivity index (χ0v) is 13.3. The van der Waals surface area contributed by atoms with Crippen molar-refractivity contribution in [3.05, 3.63) is 35.2 Å². The first-order valence-electron chi connectivity index (χ1n) is 7.02. The molecule has 0 amide bonds. The highest BCUT2D eigenvalue weighted by molar-refractivity contribution is 9.10. The topological polar surface area (TPSA) is 64.3 Å². The standard InChI is InChI=1S/C15H13BrN4O2/c16-15-18-11-9-12(10-3-1-2-4-17-10)22-13(11)14(19-15)20-5-7-21-8-6-20/h1-4,9H,5-8H2. The third kappa shape index (κ3) is 2.46. The molecule has 1 aliphatic rings. The molecule has 0 radical (unpaired) electrons. The summed E-state index contributed by atoms with van der Waals surface area (Å²) in [4.78, 5) is 15.4. The Morgan fingerprint density at radius 2 is 2.00 bits per heavy atom. The molecule has 0 bridgehead atoms. The van der Waals surface area contributed by atoms with Gasteiger partial charge in [-0.1, -0.05) is 6.07 Å². The normalized spacial score (nSPS) is 15.4. The van der Waals surface area contributed by atoms with Gasteiger partial charge in [0.15, 0.2) is 21.9 Å². The molecule has 0 saturated carbocycles. The van der Waals surface area contributed by atoms with Crippen LogP contribution in [0.15, 0.2) is 39.6 Å². The minimum Gasteiger partial charge on any atom is -0.449 e. The maximum absolute atomic E-state index is 6.00. The van der Waals surface area contributed by atoms with E-state index < -0.39 is 0 Å². The highest BCUT2D eigenvalue weighted by atomic mass is 79.9. The van der Waals surface area contributed by atoms with E-state index in [-0.39, 0.29) is 0 Å². The van der Waals surface area contributed by atoms with Crippen LogP contribution in [0.3, 0.4) is 0 Å². The molecule has 4 heterocycles. The summed E-state index contributed by atoms with van der Waals surface area (Å²) in [6, 6.07) is 7.62. The molecule has 3 aromatic heterocycles. The van der Waals surface area contributed by atoms with Crippen molar-refractivity contribution in [3.63, 3.8) is 0 Å². The van der Waals surface area contributed by atoms with Gasteiger partial charge in [0.05, 0.1) is 13.2 Å². The van der Waals surface area contributed by atoms with Crippen LogP contribution in [-0.2, 0) is 4.74 Å². The van der Waals surface area contributed by atoms with E-state index in [2.05, 4.69) is 35.8 Å². The quantitative estimate of drug-likeness (QED) is 0.654. The lowest BCUT2D eigenvalue weighted by Gasteiger charge is -2.27. The van der Waals surface area contributed by atoms with Crippen molar-refractivity contribution in [2.75, 3.05) is 31.2 Å². The van der Waals surface area contributed by atoms with Gasteiger partial charge in [-0.3, -0.25) is 4.98 Å². The molecular weight excluding hydrogens is 348 g/mol. The number of pyridine rings is 1. The molecule has 0 atom stereocenters. The highest BCUT2D eigenvalue weighted by Crippen LogP contribution is 2.32. The van der Waals surface area contributed by atoms with Crippen LogP contribution in [0.4, 0.5) is 5.82 Å². The number of anilines is 1. The van der Waals surface area contributed by atoms with Gasteiger partial charge in [-0.05, 0) is 28.1 Å². The Hall–Kier alpha value is -1.99. The number of nitrogens with zero attached hydrogens (tertiary/aromatic N) is 4. The van der Waals surface area contributed by atoms with Gasteiger partial charge >= 0.3 is 0 Å². The Morgan fingerprint density at radius 3 is 2.77 bits per heavy atom. The molecule has 0 unspecified atom stereocenters. The molecule has 0 aliphatic carbocycles. The van der Waals surface area contributed by atoms with Gasteiger partial charge in [0.2, 0.25) is 0 Å². The average Bonchev–Trinajstić information content (AvgIpc) is 2.99. The molecule has 4 rings (SSSR count). The van der Waals surface area contributed by atoms with Crippen molar-refractivity contribution in [3.8, 4) is 11.5 Å². The summed E-state index contributed by atoms with van der Waals surface area (Å²) in [5.41, 5.74) is 2.24. The van der Waals surface area contributed by atoms with Crippen LogP contribution in [-0.4, -0.2) is 41.3 Å². The maximum atomic E-state index is 6.00. The lowest BCUT2D eigenvalue weighted by molar-refractivity contribution is 0.122. The minimum absolute atomic E-state index is 0.551. The van der Waals surface area contributed by atoms with E-state index in [4.69, 9.17) is 9.15 Å². The summed E-state index contributed by atoms with van der Waals surface area (Å²) in [6.45, 7) is 2.96. The largest absolute Gasteiger partial charge is 0.449 e.